The SMILES string of the molecule is CC(C)CC(C#N)[C@H](CCC(=O)O)C(=O)O. The smallest absolute Gasteiger partial charge is 0.307 e. The summed E-state index contributed by atoms with van der Waals surface area (Å²) in [7, 11) is 0. The van der Waals surface area contributed by atoms with Gasteiger partial charge in [-0.1, -0.05) is 13.8 Å². The van der Waals surface area contributed by atoms with Crippen molar-refractivity contribution in [1.82, 2.24) is 0 Å². The minimum Gasteiger partial charge on any atom is -0.481 e. The van der Waals surface area contributed by atoms with Crippen LogP contribution in [0.5, 0.6) is 0 Å². The number of hydrogen-bond donors (Lipinski definition) is 2. The molecule has 0 saturated heterocycles. The van der Waals surface area contributed by atoms with E-state index in [9.17, 15) is 9.59 Å². The van der Waals surface area contributed by atoms with Crippen LogP contribution in [-0.2, 0) is 9.59 Å². The van der Waals surface area contributed by atoms with E-state index in [1.54, 1.807) is 0 Å². The summed E-state index contributed by atoms with van der Waals surface area (Å²) in [6.45, 7) is 3.81. The summed E-state index contributed by atoms with van der Waals surface area (Å²) in [4.78, 5) is 21.3. The predicted octanol–water partition coefficient (Wildman–Crippen LogP) is 1.74. The number of nitrogens with zero attached hydrogens (tertiary/aromatic N) is 1. The second-order valence-electron chi connectivity index (χ2n) is 4.24. The molecular weight excluding hydrogens is 210 g/mol. The molecule has 0 aliphatic rings. The molecule has 0 bridgehead atoms. The van der Waals surface area contributed by atoms with E-state index in [0.717, 1.165) is 0 Å². The minimum absolute atomic E-state index is 0.00954. The van der Waals surface area contributed by atoms with E-state index in [1.165, 1.54) is 0 Å². The Balaban J connectivity index is 4.54. The van der Waals surface area contributed by atoms with Gasteiger partial charge in [0.2, 0.25) is 0 Å². The van der Waals surface area contributed by atoms with Crippen molar-refractivity contribution in [1.29, 1.82) is 5.26 Å². The number of carboxylic acids is 2. The van der Waals surface area contributed by atoms with Crippen LogP contribution in [0.2, 0.25) is 0 Å². The lowest BCUT2D eigenvalue weighted by Gasteiger charge is -2.18. The summed E-state index contributed by atoms with van der Waals surface area (Å²) in [6, 6.07) is 1.96. The molecule has 5 nitrogen and oxygen atoms in total. The van der Waals surface area contributed by atoms with E-state index in [0.29, 0.717) is 6.42 Å². The molecule has 0 rings (SSSR count). The monoisotopic (exact) mass is 227 g/mol. The summed E-state index contributed by atoms with van der Waals surface area (Å²) in [5.41, 5.74) is 0. The second-order valence-corrected chi connectivity index (χ2v) is 4.24. The van der Waals surface area contributed by atoms with Crippen LogP contribution in [0.25, 0.3) is 0 Å². The number of aliphatic carboxylic acids is 2. The third-order valence-electron chi connectivity index (χ3n) is 2.36. The maximum absolute atomic E-state index is 10.9. The van der Waals surface area contributed by atoms with Gasteiger partial charge in [0.25, 0.3) is 0 Å². The van der Waals surface area contributed by atoms with E-state index in [-0.39, 0.29) is 18.8 Å². The second kappa shape index (κ2) is 6.83. The lowest BCUT2D eigenvalue weighted by molar-refractivity contribution is -0.144. The highest BCUT2D eigenvalue weighted by Gasteiger charge is 2.29. The van der Waals surface area contributed by atoms with Crippen molar-refractivity contribution >= 4 is 11.9 Å². The van der Waals surface area contributed by atoms with Gasteiger partial charge in [-0.25, -0.2) is 0 Å². The molecular formula is C11H17NO4. The zero-order valence-electron chi connectivity index (χ0n) is 9.51. The molecule has 5 heteroatoms. The quantitative estimate of drug-likeness (QED) is 0.690. The van der Waals surface area contributed by atoms with E-state index < -0.39 is 23.8 Å². The Morgan fingerprint density at radius 3 is 2.19 bits per heavy atom. The normalized spacial score (nSPS) is 14.1. The van der Waals surface area contributed by atoms with Crippen LogP contribution in [0, 0.1) is 29.1 Å². The zero-order valence-corrected chi connectivity index (χ0v) is 9.51. The highest BCUT2D eigenvalue weighted by molar-refractivity contribution is 5.72. The minimum atomic E-state index is -1.09. The molecule has 1 unspecified atom stereocenters. The molecule has 2 atom stereocenters. The molecule has 0 aromatic rings. The van der Waals surface area contributed by atoms with Gasteiger partial charge in [-0.2, -0.15) is 5.26 Å². The van der Waals surface area contributed by atoms with Gasteiger partial charge in [0.05, 0.1) is 17.9 Å². The van der Waals surface area contributed by atoms with E-state index >= 15 is 0 Å². The third kappa shape index (κ3) is 5.35. The van der Waals surface area contributed by atoms with E-state index in [1.807, 2.05) is 19.9 Å². The average Bonchev–Trinajstić information content (AvgIpc) is 2.14. The van der Waals surface area contributed by atoms with Crippen molar-refractivity contribution in [2.75, 3.05) is 0 Å². The van der Waals surface area contributed by atoms with Gasteiger partial charge in [-0.15, -0.1) is 0 Å². The molecule has 0 amide bonds. The highest BCUT2D eigenvalue weighted by atomic mass is 16.4. The van der Waals surface area contributed by atoms with Crippen LogP contribution in [0.15, 0.2) is 0 Å². The first-order valence-electron chi connectivity index (χ1n) is 5.22. The van der Waals surface area contributed by atoms with Crippen molar-refractivity contribution in [3.8, 4) is 6.07 Å². The van der Waals surface area contributed by atoms with Crippen LogP contribution in [0.1, 0.15) is 33.1 Å². The van der Waals surface area contributed by atoms with Crippen LogP contribution < -0.4 is 0 Å². The lowest BCUT2D eigenvalue weighted by Crippen LogP contribution is -2.24. The van der Waals surface area contributed by atoms with Gasteiger partial charge in [-0.05, 0) is 18.8 Å². The third-order valence-corrected chi connectivity index (χ3v) is 2.36. The maximum atomic E-state index is 10.9. The van der Waals surface area contributed by atoms with Gasteiger partial charge < -0.3 is 10.2 Å². The van der Waals surface area contributed by atoms with Gasteiger partial charge in [0.1, 0.15) is 0 Å². The largest absolute Gasteiger partial charge is 0.481 e. The Morgan fingerprint density at radius 1 is 1.31 bits per heavy atom. The molecule has 0 aliphatic heterocycles. The maximum Gasteiger partial charge on any atom is 0.307 e. The molecule has 0 radical (unpaired) electrons. The Hall–Kier alpha value is -1.57. The Kier molecular flexibility index (Phi) is 6.16. The van der Waals surface area contributed by atoms with Crippen molar-refractivity contribution in [2.45, 2.75) is 33.1 Å². The standard InChI is InChI=1S/C11H17NO4/c1-7(2)5-8(6-12)9(11(15)16)3-4-10(13)14/h7-9H,3-5H2,1-2H3,(H,13,14)(H,15,16)/t8?,9-/m0/s1. The van der Waals surface area contributed by atoms with Crippen LogP contribution in [-0.4, -0.2) is 22.2 Å². The fourth-order valence-electron chi connectivity index (χ4n) is 1.59. The molecule has 2 N–H and O–H groups in total. The van der Waals surface area contributed by atoms with Gasteiger partial charge in [0.15, 0.2) is 0 Å². The Labute approximate surface area is 94.7 Å². The Morgan fingerprint density at radius 2 is 1.88 bits per heavy atom. The molecule has 0 spiro atoms. The van der Waals surface area contributed by atoms with Crippen LogP contribution in [0.4, 0.5) is 0 Å². The van der Waals surface area contributed by atoms with Crippen LogP contribution >= 0.6 is 0 Å². The summed E-state index contributed by atoms with van der Waals surface area (Å²) in [5.74, 6) is -3.40. The Bertz CT molecular complexity index is 293. The number of rotatable bonds is 7. The molecule has 16 heavy (non-hydrogen) atoms. The van der Waals surface area contributed by atoms with Crippen LogP contribution in [0.3, 0.4) is 0 Å². The molecule has 0 aromatic carbocycles. The zero-order chi connectivity index (χ0) is 12.7. The van der Waals surface area contributed by atoms with E-state index in [2.05, 4.69) is 0 Å². The van der Waals surface area contributed by atoms with Gasteiger partial charge in [-0.3, -0.25) is 9.59 Å². The topological polar surface area (TPSA) is 98.4 Å². The fourth-order valence-corrected chi connectivity index (χ4v) is 1.59. The lowest BCUT2D eigenvalue weighted by atomic mass is 9.84. The molecule has 90 valence electrons. The molecule has 0 heterocycles. The molecule has 0 fully saturated rings. The first-order chi connectivity index (χ1) is 7.38. The average molecular weight is 227 g/mol. The first-order valence-corrected chi connectivity index (χ1v) is 5.22. The summed E-state index contributed by atoms with van der Waals surface area (Å²) >= 11 is 0. The summed E-state index contributed by atoms with van der Waals surface area (Å²) < 4.78 is 0. The van der Waals surface area contributed by atoms with Crippen molar-refractivity contribution < 1.29 is 19.8 Å². The summed E-state index contributed by atoms with van der Waals surface area (Å²) in [6.07, 6.45) is 0.274. The van der Waals surface area contributed by atoms with Gasteiger partial charge in [0, 0.05) is 6.42 Å². The molecule has 0 aliphatic carbocycles. The number of carboxylic acid groups (broad SMARTS) is 2. The first kappa shape index (κ1) is 14.4. The molecule has 0 saturated carbocycles. The molecule has 0 aromatic heterocycles. The summed E-state index contributed by atoms with van der Waals surface area (Å²) in [5, 5.41) is 26.4. The number of carbonyl (C=O) groups is 2. The fraction of sp³-hybridized carbons (Fsp3) is 0.727. The van der Waals surface area contributed by atoms with Crippen molar-refractivity contribution in [3.05, 3.63) is 0 Å². The number of hydrogen-bond acceptors (Lipinski definition) is 3. The van der Waals surface area contributed by atoms with Crippen molar-refractivity contribution in [2.24, 2.45) is 17.8 Å². The van der Waals surface area contributed by atoms with Crippen molar-refractivity contribution in [3.63, 3.8) is 0 Å². The number of nitriles is 1. The van der Waals surface area contributed by atoms with Gasteiger partial charge >= 0.3 is 11.9 Å². The predicted molar refractivity (Wildman–Crippen MR) is 56.6 cm³/mol. The highest BCUT2D eigenvalue weighted by Crippen LogP contribution is 2.24. The van der Waals surface area contributed by atoms with E-state index in [4.69, 9.17) is 15.5 Å².